The molecule has 0 saturated heterocycles. The van der Waals surface area contributed by atoms with Crippen LogP contribution in [-0.4, -0.2) is 20.1 Å². The molecule has 0 radical (unpaired) electrons. The first-order chi connectivity index (χ1) is 9.04. The lowest BCUT2D eigenvalue weighted by Crippen LogP contribution is -2.39. The Balaban J connectivity index is 3.04. The zero-order valence-corrected chi connectivity index (χ0v) is 12.4. The molecular formula is C13H15F3N2OSi. The monoisotopic (exact) mass is 300 g/mol. The minimum absolute atomic E-state index is 0.0884. The third kappa shape index (κ3) is 4.38. The molecule has 1 aromatic carbocycles. The van der Waals surface area contributed by atoms with Crippen LogP contribution in [0.4, 0.5) is 13.2 Å². The van der Waals surface area contributed by atoms with E-state index in [0.717, 1.165) is 12.1 Å². The first-order valence-electron chi connectivity index (χ1n) is 5.94. The van der Waals surface area contributed by atoms with Crippen LogP contribution in [0.5, 0.6) is 0 Å². The largest absolute Gasteiger partial charge is 0.417 e. The molecule has 0 aliphatic carbocycles. The second-order valence-electron chi connectivity index (χ2n) is 5.61. The Morgan fingerprint density at radius 2 is 1.95 bits per heavy atom. The highest BCUT2D eigenvalue weighted by Gasteiger charge is 2.34. The molecule has 20 heavy (non-hydrogen) atoms. The van der Waals surface area contributed by atoms with E-state index in [9.17, 15) is 18.0 Å². The van der Waals surface area contributed by atoms with E-state index >= 15 is 0 Å². The van der Waals surface area contributed by atoms with Gasteiger partial charge in [-0.05, 0) is 18.2 Å². The molecule has 1 rings (SSSR count). The molecule has 0 aliphatic rings. The number of hydrogen-bond donors (Lipinski definition) is 1. The van der Waals surface area contributed by atoms with Crippen molar-refractivity contribution >= 4 is 14.0 Å². The first-order valence-corrected chi connectivity index (χ1v) is 9.65. The van der Waals surface area contributed by atoms with Gasteiger partial charge < -0.3 is 5.32 Å². The molecule has 0 atom stereocenters. The predicted molar refractivity (Wildman–Crippen MR) is 71.8 cm³/mol. The zero-order chi connectivity index (χ0) is 15.6. The highest BCUT2D eigenvalue weighted by Crippen LogP contribution is 2.32. The van der Waals surface area contributed by atoms with Crippen molar-refractivity contribution in [1.82, 2.24) is 5.32 Å². The van der Waals surface area contributed by atoms with E-state index < -0.39 is 31.3 Å². The van der Waals surface area contributed by atoms with Gasteiger partial charge in [0.25, 0.3) is 5.91 Å². The molecule has 1 aromatic rings. The Hall–Kier alpha value is -1.81. The highest BCUT2D eigenvalue weighted by molar-refractivity contribution is 6.76. The average Bonchev–Trinajstić information content (AvgIpc) is 2.33. The minimum Gasteiger partial charge on any atom is -0.355 e. The number of rotatable bonds is 3. The first kappa shape index (κ1) is 16.2. The lowest BCUT2D eigenvalue weighted by atomic mass is 10.0. The summed E-state index contributed by atoms with van der Waals surface area (Å²) in [5.74, 6) is -0.553. The van der Waals surface area contributed by atoms with Gasteiger partial charge in [-0.25, -0.2) is 0 Å². The van der Waals surface area contributed by atoms with Gasteiger partial charge in [-0.1, -0.05) is 19.6 Å². The molecule has 1 amide bonds. The van der Waals surface area contributed by atoms with Crippen LogP contribution in [0.3, 0.4) is 0 Å². The Morgan fingerprint density at radius 1 is 1.35 bits per heavy atom. The number of carbonyl (C=O) groups is 1. The van der Waals surface area contributed by atoms with Crippen molar-refractivity contribution < 1.29 is 18.0 Å². The average molecular weight is 300 g/mol. The van der Waals surface area contributed by atoms with Crippen molar-refractivity contribution in [2.24, 2.45) is 0 Å². The van der Waals surface area contributed by atoms with Crippen LogP contribution in [0.15, 0.2) is 18.2 Å². The Labute approximate surface area is 116 Å². The summed E-state index contributed by atoms with van der Waals surface area (Å²) in [6, 6.07) is 4.45. The quantitative estimate of drug-likeness (QED) is 0.872. The molecule has 1 N–H and O–H groups in total. The number of hydrogen-bond acceptors (Lipinski definition) is 2. The maximum Gasteiger partial charge on any atom is 0.417 e. The third-order valence-corrected chi connectivity index (χ3v) is 3.72. The third-order valence-electron chi connectivity index (χ3n) is 2.49. The standard InChI is InChI=1S/C13H15F3N2OSi/c1-20(2,3)8-18-12(19)9-4-5-10(7-17)11(6-9)13(14,15)16/h4-6H,8H2,1-3H3,(H,18,19). The molecule has 0 heterocycles. The van der Waals surface area contributed by atoms with E-state index in [4.69, 9.17) is 5.26 Å². The number of nitriles is 1. The second kappa shape index (κ2) is 5.67. The molecule has 3 nitrogen and oxygen atoms in total. The molecule has 0 bridgehead atoms. The van der Waals surface area contributed by atoms with Crippen molar-refractivity contribution in [2.45, 2.75) is 25.8 Å². The zero-order valence-electron chi connectivity index (χ0n) is 11.4. The summed E-state index contributed by atoms with van der Waals surface area (Å²) in [6.07, 6.45) is -4.17. The van der Waals surface area contributed by atoms with Crippen LogP contribution < -0.4 is 5.32 Å². The van der Waals surface area contributed by atoms with E-state index in [-0.39, 0.29) is 5.56 Å². The number of nitrogens with zero attached hydrogens (tertiary/aromatic N) is 1. The Morgan fingerprint density at radius 3 is 2.40 bits per heavy atom. The molecule has 0 aliphatic heterocycles. The maximum absolute atomic E-state index is 12.8. The lowest BCUT2D eigenvalue weighted by molar-refractivity contribution is -0.137. The van der Waals surface area contributed by atoms with Crippen LogP contribution in [0.2, 0.25) is 19.6 Å². The normalized spacial score (nSPS) is 11.8. The molecule has 0 saturated carbocycles. The van der Waals surface area contributed by atoms with Gasteiger partial charge in [0, 0.05) is 11.7 Å². The number of halogens is 3. The van der Waals surface area contributed by atoms with Crippen LogP contribution in [-0.2, 0) is 6.18 Å². The van der Waals surface area contributed by atoms with Gasteiger partial charge in [0.15, 0.2) is 0 Å². The van der Waals surface area contributed by atoms with Crippen molar-refractivity contribution in [3.63, 3.8) is 0 Å². The fraction of sp³-hybridized carbons (Fsp3) is 0.385. The van der Waals surface area contributed by atoms with E-state index in [1.165, 1.54) is 12.1 Å². The molecule has 0 fully saturated rings. The Bertz CT molecular complexity index is 556. The van der Waals surface area contributed by atoms with Gasteiger partial charge in [-0.3, -0.25) is 4.79 Å². The SMILES string of the molecule is C[Si](C)(C)CNC(=O)c1ccc(C#N)c(C(F)(F)F)c1. The highest BCUT2D eigenvalue weighted by atomic mass is 28.3. The number of amides is 1. The van der Waals surface area contributed by atoms with E-state index in [2.05, 4.69) is 5.32 Å². The summed E-state index contributed by atoms with van der Waals surface area (Å²) in [4.78, 5) is 11.8. The molecule has 0 spiro atoms. The van der Waals surface area contributed by atoms with Crippen molar-refractivity contribution in [3.05, 3.63) is 34.9 Å². The molecular weight excluding hydrogens is 285 g/mol. The van der Waals surface area contributed by atoms with Crippen molar-refractivity contribution in [3.8, 4) is 6.07 Å². The molecule has 7 heteroatoms. The summed E-state index contributed by atoms with van der Waals surface area (Å²) in [5.41, 5.74) is -1.66. The number of benzene rings is 1. The predicted octanol–water partition coefficient (Wildman–Crippen LogP) is 3.18. The number of carbonyl (C=O) groups excluding carboxylic acids is 1. The topological polar surface area (TPSA) is 52.9 Å². The van der Waals surface area contributed by atoms with Crippen molar-refractivity contribution in [1.29, 1.82) is 5.26 Å². The van der Waals surface area contributed by atoms with Crippen LogP contribution >= 0.6 is 0 Å². The number of alkyl halides is 3. The lowest BCUT2D eigenvalue weighted by Gasteiger charge is -2.17. The van der Waals surface area contributed by atoms with E-state index in [1.807, 2.05) is 19.6 Å². The van der Waals surface area contributed by atoms with Crippen LogP contribution in [0.1, 0.15) is 21.5 Å². The Kier molecular flexibility index (Phi) is 4.60. The molecule has 108 valence electrons. The fourth-order valence-electron chi connectivity index (χ4n) is 1.47. The van der Waals surface area contributed by atoms with Gasteiger partial charge >= 0.3 is 6.18 Å². The van der Waals surface area contributed by atoms with E-state index in [1.54, 1.807) is 0 Å². The number of nitrogens with one attached hydrogen (secondary N) is 1. The summed E-state index contributed by atoms with van der Waals surface area (Å²) in [6.45, 7) is 6.10. The summed E-state index contributed by atoms with van der Waals surface area (Å²) < 4.78 is 38.3. The van der Waals surface area contributed by atoms with Gasteiger partial charge in [-0.2, -0.15) is 18.4 Å². The van der Waals surface area contributed by atoms with Gasteiger partial charge in [0.1, 0.15) is 0 Å². The summed E-state index contributed by atoms with van der Waals surface area (Å²) in [5, 5.41) is 11.3. The van der Waals surface area contributed by atoms with E-state index in [0.29, 0.717) is 6.17 Å². The maximum atomic E-state index is 12.8. The molecule has 0 unspecified atom stereocenters. The van der Waals surface area contributed by atoms with Crippen molar-refractivity contribution in [2.75, 3.05) is 6.17 Å². The molecule has 0 aromatic heterocycles. The van der Waals surface area contributed by atoms with Gasteiger partial charge in [0.2, 0.25) is 0 Å². The van der Waals surface area contributed by atoms with Crippen LogP contribution in [0, 0.1) is 11.3 Å². The van der Waals surface area contributed by atoms with Gasteiger partial charge in [0.05, 0.1) is 25.3 Å². The smallest absolute Gasteiger partial charge is 0.355 e. The fourth-order valence-corrected chi connectivity index (χ4v) is 2.16. The summed E-state index contributed by atoms with van der Waals surface area (Å²) in [7, 11) is -1.53. The van der Waals surface area contributed by atoms with Gasteiger partial charge in [-0.15, -0.1) is 0 Å². The van der Waals surface area contributed by atoms with Crippen LogP contribution in [0.25, 0.3) is 0 Å². The summed E-state index contributed by atoms with van der Waals surface area (Å²) >= 11 is 0. The second-order valence-corrected chi connectivity index (χ2v) is 11.1. The minimum atomic E-state index is -4.65.